The maximum absolute atomic E-state index is 12.5. The van der Waals surface area contributed by atoms with Crippen LogP contribution in [0.3, 0.4) is 0 Å². The number of rotatable bonds is 7. The molecule has 0 aliphatic heterocycles. The summed E-state index contributed by atoms with van der Waals surface area (Å²) < 4.78 is 40.4. The predicted molar refractivity (Wildman–Crippen MR) is 107 cm³/mol. The van der Waals surface area contributed by atoms with E-state index >= 15 is 0 Å². The molecule has 0 saturated heterocycles. The lowest BCUT2D eigenvalue weighted by atomic mass is 10.1. The highest BCUT2D eigenvalue weighted by atomic mass is 32.2. The second-order valence-corrected chi connectivity index (χ2v) is 7.93. The van der Waals surface area contributed by atoms with Gasteiger partial charge in [-0.2, -0.15) is 13.7 Å². The van der Waals surface area contributed by atoms with Crippen LogP contribution in [0.25, 0.3) is 6.08 Å². The van der Waals surface area contributed by atoms with Crippen molar-refractivity contribution in [2.75, 3.05) is 7.11 Å². The second-order valence-electron chi connectivity index (χ2n) is 6.38. The first-order valence-corrected chi connectivity index (χ1v) is 10.1. The lowest BCUT2D eigenvalue weighted by molar-refractivity contribution is -0.142. The van der Waals surface area contributed by atoms with Crippen molar-refractivity contribution in [1.29, 1.82) is 5.26 Å². The third-order valence-corrected chi connectivity index (χ3v) is 4.94. The van der Waals surface area contributed by atoms with E-state index in [1.807, 2.05) is 6.92 Å². The van der Waals surface area contributed by atoms with Gasteiger partial charge in [-0.3, -0.25) is 0 Å². The Balaban J connectivity index is 2.33. The van der Waals surface area contributed by atoms with Gasteiger partial charge in [0.1, 0.15) is 16.5 Å². The number of benzene rings is 2. The van der Waals surface area contributed by atoms with Gasteiger partial charge in [-0.1, -0.05) is 23.8 Å². The van der Waals surface area contributed by atoms with Crippen LogP contribution in [-0.4, -0.2) is 27.6 Å². The minimum atomic E-state index is -4.05. The molecular formula is C21H21NO6S. The number of esters is 1. The molecule has 8 heteroatoms. The quantitative estimate of drug-likeness (QED) is 0.294. The topological polar surface area (TPSA) is 103 Å². The van der Waals surface area contributed by atoms with E-state index in [1.165, 1.54) is 43.5 Å². The highest BCUT2D eigenvalue weighted by Gasteiger charge is 2.19. The summed E-state index contributed by atoms with van der Waals surface area (Å²) in [5.41, 5.74) is 1.17. The number of aryl methyl sites for hydroxylation is 1. The molecule has 0 radical (unpaired) electrons. The fraction of sp³-hybridized carbons (Fsp3) is 0.238. The van der Waals surface area contributed by atoms with Crippen molar-refractivity contribution in [3.05, 3.63) is 59.2 Å². The zero-order valence-electron chi connectivity index (χ0n) is 16.5. The third-order valence-electron chi connectivity index (χ3n) is 3.69. The molecule has 152 valence electrons. The number of carbonyl (C=O) groups is 1. The van der Waals surface area contributed by atoms with Crippen LogP contribution in [0.5, 0.6) is 11.5 Å². The van der Waals surface area contributed by atoms with Gasteiger partial charge < -0.3 is 13.7 Å². The summed E-state index contributed by atoms with van der Waals surface area (Å²) >= 11 is 0. The van der Waals surface area contributed by atoms with Crippen molar-refractivity contribution < 1.29 is 26.9 Å². The maximum atomic E-state index is 12.5. The van der Waals surface area contributed by atoms with Crippen LogP contribution in [0.4, 0.5) is 0 Å². The molecule has 0 atom stereocenters. The third kappa shape index (κ3) is 5.83. The van der Waals surface area contributed by atoms with E-state index in [4.69, 9.17) is 13.7 Å². The van der Waals surface area contributed by atoms with Gasteiger partial charge >= 0.3 is 16.1 Å². The Morgan fingerprint density at radius 3 is 2.31 bits per heavy atom. The molecular weight excluding hydrogens is 394 g/mol. The molecule has 2 aromatic carbocycles. The van der Waals surface area contributed by atoms with Crippen LogP contribution < -0.4 is 8.92 Å². The molecule has 0 bridgehead atoms. The number of nitrogens with zero attached hydrogens (tertiary/aromatic N) is 1. The van der Waals surface area contributed by atoms with Crippen LogP contribution in [0.2, 0.25) is 0 Å². The predicted octanol–water partition coefficient (Wildman–Crippen LogP) is 3.63. The van der Waals surface area contributed by atoms with Crippen LogP contribution in [0, 0.1) is 18.3 Å². The van der Waals surface area contributed by atoms with Crippen LogP contribution in [0.15, 0.2) is 52.9 Å². The lowest BCUT2D eigenvalue weighted by Crippen LogP contribution is -2.12. The van der Waals surface area contributed by atoms with Crippen LogP contribution in [0.1, 0.15) is 25.0 Å². The highest BCUT2D eigenvalue weighted by molar-refractivity contribution is 7.87. The first-order valence-electron chi connectivity index (χ1n) is 8.68. The van der Waals surface area contributed by atoms with Gasteiger partial charge in [0, 0.05) is 0 Å². The molecule has 0 fully saturated rings. The number of hydrogen-bond donors (Lipinski definition) is 0. The summed E-state index contributed by atoms with van der Waals surface area (Å²) in [7, 11) is -2.70. The number of methoxy groups -OCH3 is 1. The molecule has 0 unspecified atom stereocenters. The van der Waals surface area contributed by atoms with Crippen molar-refractivity contribution in [3.63, 3.8) is 0 Å². The number of nitriles is 1. The van der Waals surface area contributed by atoms with Gasteiger partial charge in [-0.25, -0.2) is 4.79 Å². The normalized spacial score (nSPS) is 11.7. The van der Waals surface area contributed by atoms with Crippen molar-refractivity contribution in [3.8, 4) is 17.6 Å². The minimum Gasteiger partial charge on any atom is -0.493 e. The summed E-state index contributed by atoms with van der Waals surface area (Å²) in [4.78, 5) is 11.9. The van der Waals surface area contributed by atoms with Crippen LogP contribution >= 0.6 is 0 Å². The molecule has 0 spiro atoms. The van der Waals surface area contributed by atoms with Gasteiger partial charge in [0.05, 0.1) is 13.2 Å². The fourth-order valence-corrected chi connectivity index (χ4v) is 3.23. The van der Waals surface area contributed by atoms with Crippen molar-refractivity contribution in [2.45, 2.75) is 31.8 Å². The Labute approximate surface area is 170 Å². The Kier molecular flexibility index (Phi) is 7.02. The van der Waals surface area contributed by atoms with Gasteiger partial charge in [0.15, 0.2) is 11.5 Å². The molecule has 2 aromatic rings. The molecule has 0 aliphatic carbocycles. The van der Waals surface area contributed by atoms with E-state index < -0.39 is 16.1 Å². The van der Waals surface area contributed by atoms with E-state index in [2.05, 4.69) is 0 Å². The molecule has 0 aromatic heterocycles. The first-order chi connectivity index (χ1) is 13.7. The zero-order valence-corrected chi connectivity index (χ0v) is 17.3. The second kappa shape index (κ2) is 9.26. The Morgan fingerprint density at radius 1 is 1.10 bits per heavy atom. The highest BCUT2D eigenvalue weighted by Crippen LogP contribution is 2.31. The van der Waals surface area contributed by atoms with Crippen LogP contribution in [-0.2, 0) is 19.6 Å². The average molecular weight is 415 g/mol. The molecule has 2 rings (SSSR count). The number of ether oxygens (including phenoxy) is 2. The number of carbonyl (C=O) groups excluding carboxylic acids is 1. The van der Waals surface area contributed by atoms with Gasteiger partial charge in [0.2, 0.25) is 0 Å². The lowest BCUT2D eigenvalue weighted by Gasteiger charge is -2.12. The Hall–Kier alpha value is -3.31. The standard InChI is InChI=1S/C21H21NO6S/c1-14(2)27-21(23)17(13-22)11-16-7-10-19(20(12-16)26-4)28-29(24,25)18-8-5-15(3)6-9-18/h5-12,14H,1-4H3/b17-11+. The molecule has 0 amide bonds. The minimum absolute atomic E-state index is 0.0114. The number of hydrogen-bond acceptors (Lipinski definition) is 7. The maximum Gasteiger partial charge on any atom is 0.349 e. The SMILES string of the molecule is COc1cc(/C=C(\C#N)C(=O)OC(C)C)ccc1OS(=O)(=O)c1ccc(C)cc1. The molecule has 0 saturated carbocycles. The zero-order chi connectivity index (χ0) is 21.6. The summed E-state index contributed by atoms with van der Waals surface area (Å²) in [6.45, 7) is 5.20. The Morgan fingerprint density at radius 2 is 1.76 bits per heavy atom. The van der Waals surface area contributed by atoms with E-state index in [-0.39, 0.29) is 28.1 Å². The smallest absolute Gasteiger partial charge is 0.349 e. The van der Waals surface area contributed by atoms with E-state index in [9.17, 15) is 18.5 Å². The van der Waals surface area contributed by atoms with Gasteiger partial charge in [-0.15, -0.1) is 0 Å². The summed E-state index contributed by atoms with van der Waals surface area (Å²) in [5, 5.41) is 9.20. The fourth-order valence-electron chi connectivity index (χ4n) is 2.30. The van der Waals surface area contributed by atoms with E-state index in [0.717, 1.165) is 5.56 Å². The molecule has 7 nitrogen and oxygen atoms in total. The molecule has 29 heavy (non-hydrogen) atoms. The van der Waals surface area contributed by atoms with Crippen molar-refractivity contribution >= 4 is 22.2 Å². The first kappa shape index (κ1) is 22.0. The summed E-state index contributed by atoms with van der Waals surface area (Å²) in [6, 6.07) is 12.4. The molecule has 0 heterocycles. The largest absolute Gasteiger partial charge is 0.493 e. The van der Waals surface area contributed by atoms with Crippen molar-refractivity contribution in [1.82, 2.24) is 0 Å². The van der Waals surface area contributed by atoms with E-state index in [1.54, 1.807) is 32.0 Å². The van der Waals surface area contributed by atoms with E-state index in [0.29, 0.717) is 5.56 Å². The van der Waals surface area contributed by atoms with Crippen molar-refractivity contribution in [2.24, 2.45) is 0 Å². The summed E-state index contributed by atoms with van der Waals surface area (Å²) in [5.74, 6) is -0.638. The Bertz CT molecular complexity index is 1060. The average Bonchev–Trinajstić information content (AvgIpc) is 2.66. The summed E-state index contributed by atoms with van der Waals surface area (Å²) in [6.07, 6.45) is 0.961. The monoisotopic (exact) mass is 415 g/mol. The van der Waals surface area contributed by atoms with Gasteiger partial charge in [-0.05, 0) is 56.7 Å². The molecule has 0 aliphatic rings. The molecule has 0 N–H and O–H groups in total. The van der Waals surface area contributed by atoms with Gasteiger partial charge in [0.25, 0.3) is 0 Å².